The minimum Gasteiger partial charge on any atom is -0.493 e. The molecule has 0 aliphatic carbocycles. The van der Waals surface area contributed by atoms with Gasteiger partial charge in [0.25, 0.3) is 5.91 Å². The van der Waals surface area contributed by atoms with E-state index in [0.29, 0.717) is 39.1 Å². The third-order valence-corrected chi connectivity index (χ3v) is 5.01. The molecule has 0 saturated carbocycles. The van der Waals surface area contributed by atoms with Crippen LogP contribution in [0, 0.1) is 0 Å². The molecule has 0 spiro atoms. The summed E-state index contributed by atoms with van der Waals surface area (Å²) in [6.07, 6.45) is 1.55. The van der Waals surface area contributed by atoms with Crippen molar-refractivity contribution in [3.05, 3.63) is 57.1 Å². The molecule has 0 fully saturated rings. The molecule has 0 unspecified atom stereocenters. The first-order valence-corrected chi connectivity index (χ1v) is 10.1. The zero-order chi connectivity index (χ0) is 22.9. The Morgan fingerprint density at radius 1 is 1.19 bits per heavy atom. The molecule has 3 rings (SSSR count). The largest absolute Gasteiger partial charge is 0.493 e. The Balaban J connectivity index is 1.98. The van der Waals surface area contributed by atoms with Gasteiger partial charge in [0, 0.05) is 0 Å². The van der Waals surface area contributed by atoms with Crippen molar-refractivity contribution in [2.24, 2.45) is 5.10 Å². The fourth-order valence-corrected chi connectivity index (χ4v) is 3.47. The molecular formula is C22H20Cl2N2O5. The van der Waals surface area contributed by atoms with Gasteiger partial charge in [0.05, 0.1) is 45.8 Å². The number of carbonyl (C=O) groups excluding carboxylic acids is 1. The van der Waals surface area contributed by atoms with Gasteiger partial charge in [-0.2, -0.15) is 10.1 Å². The molecule has 1 amide bonds. The molecule has 1 heterocycles. The van der Waals surface area contributed by atoms with Crippen molar-refractivity contribution < 1.29 is 24.2 Å². The molecule has 9 heteroatoms. The lowest BCUT2D eigenvalue weighted by Crippen LogP contribution is -2.21. The van der Waals surface area contributed by atoms with Crippen LogP contribution in [0.2, 0.25) is 10.0 Å². The number of hydrazone groups is 1. The van der Waals surface area contributed by atoms with Gasteiger partial charge >= 0.3 is 5.97 Å². The van der Waals surface area contributed by atoms with Gasteiger partial charge in [0.1, 0.15) is 0 Å². The van der Waals surface area contributed by atoms with E-state index in [1.54, 1.807) is 25.1 Å². The Morgan fingerprint density at radius 3 is 2.52 bits per heavy atom. The van der Waals surface area contributed by atoms with Crippen LogP contribution in [0.3, 0.4) is 0 Å². The summed E-state index contributed by atoms with van der Waals surface area (Å²) in [4.78, 5) is 24.4. The average Bonchev–Trinajstić information content (AvgIpc) is 2.98. The van der Waals surface area contributed by atoms with Crippen molar-refractivity contribution >= 4 is 52.6 Å². The summed E-state index contributed by atoms with van der Waals surface area (Å²) < 4.78 is 11.1. The van der Waals surface area contributed by atoms with E-state index in [1.807, 2.05) is 13.8 Å². The van der Waals surface area contributed by atoms with E-state index in [2.05, 4.69) is 5.10 Å². The van der Waals surface area contributed by atoms with Crippen LogP contribution < -0.4 is 14.5 Å². The van der Waals surface area contributed by atoms with Crippen LogP contribution in [0.25, 0.3) is 6.08 Å². The van der Waals surface area contributed by atoms with Crippen LogP contribution in [0.15, 0.2) is 41.0 Å². The van der Waals surface area contributed by atoms with E-state index in [4.69, 9.17) is 32.7 Å². The number of anilines is 1. The fourth-order valence-electron chi connectivity index (χ4n) is 3.01. The Hall–Kier alpha value is -3.03. The summed E-state index contributed by atoms with van der Waals surface area (Å²) in [5.74, 6) is -0.739. The molecule has 2 aromatic rings. The van der Waals surface area contributed by atoms with Gasteiger partial charge in [-0.1, -0.05) is 23.2 Å². The maximum Gasteiger partial charge on any atom is 0.337 e. The third-order valence-electron chi connectivity index (χ3n) is 4.40. The molecule has 0 saturated heterocycles. The molecule has 0 radical (unpaired) electrons. The summed E-state index contributed by atoms with van der Waals surface area (Å²) >= 11 is 12.3. The number of benzene rings is 2. The van der Waals surface area contributed by atoms with Crippen molar-refractivity contribution in [1.29, 1.82) is 0 Å². The second-order valence-electron chi connectivity index (χ2n) is 7.03. The summed E-state index contributed by atoms with van der Waals surface area (Å²) in [6.45, 7) is 5.44. The van der Waals surface area contributed by atoms with Crippen LogP contribution in [-0.2, 0) is 4.79 Å². The molecule has 0 aromatic heterocycles. The molecule has 1 aliphatic rings. The van der Waals surface area contributed by atoms with Crippen LogP contribution in [0.5, 0.6) is 11.5 Å². The number of ether oxygens (including phenoxy) is 2. The van der Waals surface area contributed by atoms with Gasteiger partial charge in [-0.05, 0) is 62.7 Å². The number of hydrogen-bond acceptors (Lipinski definition) is 5. The number of amides is 1. The number of methoxy groups -OCH3 is 1. The van der Waals surface area contributed by atoms with Crippen molar-refractivity contribution in [3.8, 4) is 11.5 Å². The molecular weight excluding hydrogens is 443 g/mol. The van der Waals surface area contributed by atoms with E-state index >= 15 is 0 Å². The summed E-state index contributed by atoms with van der Waals surface area (Å²) in [5, 5.41) is 15.1. The molecule has 0 atom stereocenters. The Kier molecular flexibility index (Phi) is 6.57. The van der Waals surface area contributed by atoms with Crippen molar-refractivity contribution in [3.63, 3.8) is 0 Å². The molecule has 1 aliphatic heterocycles. The second kappa shape index (κ2) is 8.99. The first-order chi connectivity index (χ1) is 14.6. The summed E-state index contributed by atoms with van der Waals surface area (Å²) in [6, 6.07) is 7.64. The second-order valence-corrected chi connectivity index (χ2v) is 7.84. The van der Waals surface area contributed by atoms with Crippen molar-refractivity contribution in [2.45, 2.75) is 26.9 Å². The first kappa shape index (κ1) is 22.7. The smallest absolute Gasteiger partial charge is 0.337 e. The lowest BCUT2D eigenvalue weighted by molar-refractivity contribution is -0.114. The lowest BCUT2D eigenvalue weighted by Gasteiger charge is -2.16. The molecule has 7 nitrogen and oxygen atoms in total. The Bertz CT molecular complexity index is 1130. The first-order valence-electron chi connectivity index (χ1n) is 9.31. The van der Waals surface area contributed by atoms with E-state index < -0.39 is 11.9 Å². The van der Waals surface area contributed by atoms with Crippen LogP contribution in [0.4, 0.5) is 5.69 Å². The lowest BCUT2D eigenvalue weighted by atomic mass is 10.1. The Morgan fingerprint density at radius 2 is 1.90 bits per heavy atom. The van der Waals surface area contributed by atoms with E-state index in [9.17, 15) is 14.7 Å². The quantitative estimate of drug-likeness (QED) is 0.588. The van der Waals surface area contributed by atoms with Crippen LogP contribution in [0.1, 0.15) is 36.7 Å². The number of carboxylic acid groups (broad SMARTS) is 1. The van der Waals surface area contributed by atoms with Gasteiger partial charge in [0.15, 0.2) is 11.5 Å². The highest BCUT2D eigenvalue weighted by Crippen LogP contribution is 2.38. The number of carbonyl (C=O) groups is 2. The van der Waals surface area contributed by atoms with E-state index in [-0.39, 0.29) is 16.7 Å². The van der Waals surface area contributed by atoms with Crippen molar-refractivity contribution in [2.75, 3.05) is 12.1 Å². The minimum atomic E-state index is -1.19. The number of nitrogens with zero attached hydrogens (tertiary/aromatic N) is 2. The van der Waals surface area contributed by atoms with E-state index in [0.717, 1.165) is 5.01 Å². The summed E-state index contributed by atoms with van der Waals surface area (Å²) in [5.41, 5.74) is 1.61. The molecule has 31 heavy (non-hydrogen) atoms. The summed E-state index contributed by atoms with van der Waals surface area (Å²) in [7, 11) is 1.51. The highest BCUT2D eigenvalue weighted by atomic mass is 35.5. The number of aromatic carboxylic acids is 1. The standard InChI is InChI=1S/C22H20Cl2N2O5/c1-11(2)31-20-18(24)8-13(9-19(20)30-4)7-15-12(3)25-26(21(15)27)14-5-6-17(23)16(10-14)22(28)29/h5-11H,1-4H3,(H,28,29)/b15-7-. The van der Waals surface area contributed by atoms with Gasteiger partial charge in [0.2, 0.25) is 0 Å². The number of rotatable bonds is 6. The predicted octanol–water partition coefficient (Wildman–Crippen LogP) is 5.29. The normalized spacial score (nSPS) is 14.9. The van der Waals surface area contributed by atoms with Crippen LogP contribution in [-0.4, -0.2) is 35.9 Å². The highest BCUT2D eigenvalue weighted by Gasteiger charge is 2.29. The van der Waals surface area contributed by atoms with Gasteiger partial charge in [-0.15, -0.1) is 0 Å². The highest BCUT2D eigenvalue weighted by molar-refractivity contribution is 6.35. The SMILES string of the molecule is COc1cc(/C=C2\C(=O)N(c3ccc(Cl)c(C(=O)O)c3)N=C2C)cc(Cl)c1OC(C)C. The van der Waals surface area contributed by atoms with Crippen LogP contribution >= 0.6 is 23.2 Å². The fraction of sp³-hybridized carbons (Fsp3) is 0.227. The number of hydrogen-bond donors (Lipinski definition) is 1. The third kappa shape index (κ3) is 4.68. The zero-order valence-electron chi connectivity index (χ0n) is 17.3. The molecule has 1 N–H and O–H groups in total. The van der Waals surface area contributed by atoms with Gasteiger partial charge in [-0.3, -0.25) is 4.79 Å². The molecule has 162 valence electrons. The van der Waals surface area contributed by atoms with Gasteiger partial charge in [-0.25, -0.2) is 4.79 Å². The Labute approximate surface area is 189 Å². The maximum absolute atomic E-state index is 13.0. The zero-order valence-corrected chi connectivity index (χ0v) is 18.8. The molecule has 0 bridgehead atoms. The monoisotopic (exact) mass is 462 g/mol. The minimum absolute atomic E-state index is 0.0739. The van der Waals surface area contributed by atoms with E-state index in [1.165, 1.54) is 25.3 Å². The predicted molar refractivity (Wildman–Crippen MR) is 121 cm³/mol. The molecule has 2 aromatic carbocycles. The topological polar surface area (TPSA) is 88.4 Å². The maximum atomic E-state index is 13.0. The van der Waals surface area contributed by atoms with Crippen molar-refractivity contribution in [1.82, 2.24) is 0 Å². The number of halogens is 2. The average molecular weight is 463 g/mol. The van der Waals surface area contributed by atoms with Gasteiger partial charge < -0.3 is 14.6 Å². The number of carboxylic acids is 1.